The molecule has 0 saturated heterocycles. The first kappa shape index (κ1) is 13.4. The van der Waals surface area contributed by atoms with Crippen LogP contribution in [0.1, 0.15) is 24.8 Å². The molecule has 1 fully saturated rings. The van der Waals surface area contributed by atoms with Gasteiger partial charge >= 0.3 is 0 Å². The van der Waals surface area contributed by atoms with Crippen LogP contribution in [-0.2, 0) is 11.2 Å². The summed E-state index contributed by atoms with van der Waals surface area (Å²) in [5.41, 5.74) is 1.63. The highest BCUT2D eigenvalue weighted by molar-refractivity contribution is 5.28. The minimum absolute atomic E-state index is 0.370. The van der Waals surface area contributed by atoms with Crippen LogP contribution in [0.15, 0.2) is 24.3 Å². The van der Waals surface area contributed by atoms with Gasteiger partial charge in [-0.3, -0.25) is 0 Å². The second-order valence-electron chi connectivity index (χ2n) is 5.37. The van der Waals surface area contributed by atoms with Gasteiger partial charge in [0.25, 0.3) is 0 Å². The molecule has 2 N–H and O–H groups in total. The lowest BCUT2D eigenvalue weighted by Crippen LogP contribution is -2.42. The van der Waals surface area contributed by atoms with Crippen LogP contribution in [-0.4, -0.2) is 31.9 Å². The second-order valence-corrected chi connectivity index (χ2v) is 5.37. The lowest BCUT2D eigenvalue weighted by molar-refractivity contribution is 0.123. The van der Waals surface area contributed by atoms with E-state index in [0.29, 0.717) is 11.2 Å². The number of aromatic hydroxyl groups is 1. The van der Waals surface area contributed by atoms with Crippen LogP contribution in [0.2, 0.25) is 0 Å². The van der Waals surface area contributed by atoms with Gasteiger partial charge in [0, 0.05) is 20.2 Å². The number of ether oxygens (including phenoxy) is 1. The molecule has 0 spiro atoms. The number of hydrogen-bond donors (Lipinski definition) is 2. The molecule has 0 amide bonds. The normalized spacial score (nSPS) is 17.4. The van der Waals surface area contributed by atoms with Crippen LogP contribution in [0.3, 0.4) is 0 Å². The number of phenols is 1. The summed E-state index contributed by atoms with van der Waals surface area (Å²) in [4.78, 5) is 0. The summed E-state index contributed by atoms with van der Waals surface area (Å²) in [7, 11) is 1.73. The molecule has 0 atom stereocenters. The Balaban J connectivity index is 1.88. The van der Waals surface area contributed by atoms with E-state index in [2.05, 4.69) is 11.4 Å². The summed E-state index contributed by atoms with van der Waals surface area (Å²) in [5.74, 6) is 0.370. The van der Waals surface area contributed by atoms with E-state index in [0.717, 1.165) is 26.1 Å². The van der Waals surface area contributed by atoms with Crippen LogP contribution in [0, 0.1) is 5.41 Å². The Morgan fingerprint density at radius 2 is 2.22 bits per heavy atom. The molecule has 1 aromatic rings. The number of methoxy groups -OCH3 is 1. The minimum Gasteiger partial charge on any atom is -0.508 e. The molecule has 1 saturated carbocycles. The smallest absolute Gasteiger partial charge is 0.115 e. The molecule has 100 valence electrons. The lowest BCUT2D eigenvalue weighted by atomic mass is 9.65. The van der Waals surface area contributed by atoms with Crippen LogP contribution in [0.25, 0.3) is 0 Å². The summed E-state index contributed by atoms with van der Waals surface area (Å²) in [6, 6.07) is 7.65. The fourth-order valence-electron chi connectivity index (χ4n) is 2.72. The van der Waals surface area contributed by atoms with Gasteiger partial charge in [0.05, 0.1) is 6.61 Å². The van der Waals surface area contributed by atoms with Gasteiger partial charge in [-0.05, 0) is 42.4 Å². The molecule has 0 aromatic heterocycles. The summed E-state index contributed by atoms with van der Waals surface area (Å²) in [5, 5.41) is 13.0. The van der Waals surface area contributed by atoms with Gasteiger partial charge in [0.2, 0.25) is 0 Å². The van der Waals surface area contributed by atoms with E-state index < -0.39 is 0 Å². The zero-order valence-electron chi connectivity index (χ0n) is 11.1. The highest BCUT2D eigenvalue weighted by Crippen LogP contribution is 2.43. The quantitative estimate of drug-likeness (QED) is 0.729. The van der Waals surface area contributed by atoms with E-state index >= 15 is 0 Å². The maximum Gasteiger partial charge on any atom is 0.115 e. The minimum atomic E-state index is 0.370. The molecule has 0 radical (unpaired) electrons. The van der Waals surface area contributed by atoms with Gasteiger partial charge in [0.15, 0.2) is 0 Å². The van der Waals surface area contributed by atoms with Gasteiger partial charge in [-0.25, -0.2) is 0 Å². The van der Waals surface area contributed by atoms with Crippen LogP contribution >= 0.6 is 0 Å². The molecule has 18 heavy (non-hydrogen) atoms. The van der Waals surface area contributed by atoms with Crippen molar-refractivity contribution in [1.29, 1.82) is 0 Å². The molecule has 2 rings (SSSR count). The number of phenolic OH excluding ortho intramolecular Hbond substituents is 1. The average molecular weight is 249 g/mol. The standard InChI is InChI=1S/C15H23NO2/c1-18-9-8-16-12-15(6-3-7-15)11-13-4-2-5-14(17)10-13/h2,4-5,10,16-17H,3,6-9,11-12H2,1H3. The number of rotatable bonds is 7. The number of benzene rings is 1. The predicted octanol–water partition coefficient (Wildman–Crippen LogP) is 2.34. The first-order valence-electron chi connectivity index (χ1n) is 6.72. The second kappa shape index (κ2) is 6.21. The molecule has 0 unspecified atom stereocenters. The van der Waals surface area contributed by atoms with Crippen molar-refractivity contribution < 1.29 is 9.84 Å². The Morgan fingerprint density at radius 3 is 2.83 bits per heavy atom. The lowest BCUT2D eigenvalue weighted by Gasteiger charge is -2.42. The first-order chi connectivity index (χ1) is 8.74. The molecule has 0 aliphatic heterocycles. The predicted molar refractivity (Wildman–Crippen MR) is 72.8 cm³/mol. The highest BCUT2D eigenvalue weighted by atomic mass is 16.5. The van der Waals surface area contributed by atoms with Crippen molar-refractivity contribution in [1.82, 2.24) is 5.32 Å². The summed E-state index contributed by atoms with van der Waals surface area (Å²) in [6.45, 7) is 2.73. The van der Waals surface area contributed by atoms with Gasteiger partial charge in [-0.2, -0.15) is 0 Å². The number of hydrogen-bond acceptors (Lipinski definition) is 3. The summed E-state index contributed by atoms with van der Waals surface area (Å²) in [6.07, 6.45) is 4.94. The molecular weight excluding hydrogens is 226 g/mol. The fourth-order valence-corrected chi connectivity index (χ4v) is 2.72. The summed E-state index contributed by atoms with van der Waals surface area (Å²) < 4.78 is 5.05. The van der Waals surface area contributed by atoms with Crippen molar-refractivity contribution in [2.24, 2.45) is 5.41 Å². The zero-order chi connectivity index (χ0) is 12.8. The largest absolute Gasteiger partial charge is 0.508 e. The SMILES string of the molecule is COCCNCC1(Cc2cccc(O)c2)CCC1. The Kier molecular flexibility index (Phi) is 4.61. The third-order valence-corrected chi connectivity index (χ3v) is 3.89. The maximum atomic E-state index is 9.51. The number of nitrogens with one attached hydrogen (secondary N) is 1. The average Bonchev–Trinajstić information content (AvgIpc) is 2.31. The highest BCUT2D eigenvalue weighted by Gasteiger charge is 2.36. The van der Waals surface area contributed by atoms with E-state index in [1.54, 1.807) is 13.2 Å². The van der Waals surface area contributed by atoms with Crippen LogP contribution < -0.4 is 5.32 Å². The monoisotopic (exact) mass is 249 g/mol. The molecule has 3 heteroatoms. The first-order valence-corrected chi connectivity index (χ1v) is 6.72. The van der Waals surface area contributed by atoms with Crippen molar-refractivity contribution in [2.45, 2.75) is 25.7 Å². The maximum absolute atomic E-state index is 9.51. The molecule has 0 heterocycles. The van der Waals surface area contributed by atoms with Crippen LogP contribution in [0.5, 0.6) is 5.75 Å². The molecule has 1 aliphatic rings. The molecule has 1 aliphatic carbocycles. The molecular formula is C15H23NO2. The Morgan fingerprint density at radius 1 is 1.39 bits per heavy atom. The van der Waals surface area contributed by atoms with Gasteiger partial charge in [-0.15, -0.1) is 0 Å². The molecule has 1 aromatic carbocycles. The molecule has 3 nitrogen and oxygen atoms in total. The Labute approximate surface area is 109 Å². The van der Waals surface area contributed by atoms with Crippen molar-refractivity contribution in [2.75, 3.05) is 26.8 Å². The Hall–Kier alpha value is -1.06. The third kappa shape index (κ3) is 3.47. The van der Waals surface area contributed by atoms with Crippen molar-refractivity contribution >= 4 is 0 Å². The summed E-state index contributed by atoms with van der Waals surface area (Å²) >= 11 is 0. The van der Waals surface area contributed by atoms with Crippen molar-refractivity contribution in [3.8, 4) is 5.75 Å². The van der Waals surface area contributed by atoms with E-state index in [1.165, 1.54) is 24.8 Å². The van der Waals surface area contributed by atoms with Crippen molar-refractivity contribution in [3.63, 3.8) is 0 Å². The van der Waals surface area contributed by atoms with Gasteiger partial charge in [-0.1, -0.05) is 18.6 Å². The topological polar surface area (TPSA) is 41.5 Å². The van der Waals surface area contributed by atoms with E-state index in [4.69, 9.17) is 4.74 Å². The third-order valence-electron chi connectivity index (χ3n) is 3.89. The molecule has 0 bridgehead atoms. The van der Waals surface area contributed by atoms with E-state index in [-0.39, 0.29) is 0 Å². The van der Waals surface area contributed by atoms with Crippen LogP contribution in [0.4, 0.5) is 0 Å². The van der Waals surface area contributed by atoms with E-state index in [1.807, 2.05) is 12.1 Å². The zero-order valence-corrected chi connectivity index (χ0v) is 11.1. The van der Waals surface area contributed by atoms with Crippen molar-refractivity contribution in [3.05, 3.63) is 29.8 Å². The van der Waals surface area contributed by atoms with E-state index in [9.17, 15) is 5.11 Å². The Bertz CT molecular complexity index is 375. The van der Waals surface area contributed by atoms with Gasteiger partial charge < -0.3 is 15.2 Å². The fraction of sp³-hybridized carbons (Fsp3) is 0.600. The van der Waals surface area contributed by atoms with Gasteiger partial charge in [0.1, 0.15) is 5.75 Å².